The van der Waals surface area contributed by atoms with E-state index >= 15 is 0 Å². The zero-order valence-electron chi connectivity index (χ0n) is 12.1. The topological polar surface area (TPSA) is 26.3 Å². The Morgan fingerprint density at radius 2 is 1.70 bits per heavy atom. The van der Waals surface area contributed by atoms with Gasteiger partial charge >= 0.3 is 5.97 Å². The lowest BCUT2D eigenvalue weighted by Gasteiger charge is -2.20. The highest BCUT2D eigenvalue weighted by molar-refractivity contribution is 6.00. The van der Waals surface area contributed by atoms with E-state index in [1.54, 1.807) is 0 Å². The van der Waals surface area contributed by atoms with Gasteiger partial charge in [0, 0.05) is 0 Å². The number of carbonyl (C=O) groups is 1. The van der Waals surface area contributed by atoms with E-state index in [0.717, 1.165) is 17.5 Å². The summed E-state index contributed by atoms with van der Waals surface area (Å²) in [6, 6.07) is 14.1. The monoisotopic (exact) mass is 266 g/mol. The molecule has 1 aliphatic carbocycles. The van der Waals surface area contributed by atoms with E-state index in [-0.39, 0.29) is 5.97 Å². The Kier molecular flexibility index (Phi) is 2.89. The summed E-state index contributed by atoms with van der Waals surface area (Å²) in [5.41, 5.74) is 4.87. The largest absolute Gasteiger partial charge is 0.456 e. The number of carbonyl (C=O) groups excluding carboxylic acids is 1. The van der Waals surface area contributed by atoms with Gasteiger partial charge in [-0.1, -0.05) is 36.4 Å². The van der Waals surface area contributed by atoms with Crippen molar-refractivity contribution >= 4 is 5.97 Å². The van der Waals surface area contributed by atoms with Gasteiger partial charge < -0.3 is 4.74 Å². The Morgan fingerprint density at radius 3 is 2.45 bits per heavy atom. The lowest BCUT2D eigenvalue weighted by atomic mass is 9.99. The predicted molar refractivity (Wildman–Crippen MR) is 79.9 cm³/mol. The quantitative estimate of drug-likeness (QED) is 0.617. The van der Waals surface area contributed by atoms with Crippen LogP contribution in [0.15, 0.2) is 42.5 Å². The molecule has 102 valence electrons. The highest BCUT2D eigenvalue weighted by Gasteiger charge is 2.26. The maximum atomic E-state index is 12.4. The van der Waals surface area contributed by atoms with Crippen molar-refractivity contribution in [2.45, 2.75) is 32.8 Å². The summed E-state index contributed by atoms with van der Waals surface area (Å²) < 4.78 is 5.53. The van der Waals surface area contributed by atoms with Crippen LogP contribution >= 0.6 is 0 Å². The molecule has 2 aromatic rings. The van der Waals surface area contributed by atoms with Gasteiger partial charge in [0.1, 0.15) is 5.60 Å². The molecule has 0 unspecified atom stereocenters. The summed E-state index contributed by atoms with van der Waals surface area (Å²) in [4.78, 5) is 12.4. The van der Waals surface area contributed by atoms with Crippen molar-refractivity contribution in [2.24, 2.45) is 0 Å². The second kappa shape index (κ2) is 4.48. The fourth-order valence-electron chi connectivity index (χ4n) is 2.69. The molecule has 0 radical (unpaired) electrons. The van der Waals surface area contributed by atoms with Gasteiger partial charge in [0.15, 0.2) is 0 Å². The van der Waals surface area contributed by atoms with Crippen LogP contribution in [0.5, 0.6) is 0 Å². The van der Waals surface area contributed by atoms with Crippen LogP contribution in [-0.4, -0.2) is 11.6 Å². The SMILES string of the molecule is CC(C)(C)OC(=O)c1cccc2c1-c1ccccc1C2. The first kappa shape index (κ1) is 12.9. The Balaban J connectivity index is 2.09. The lowest BCUT2D eigenvalue weighted by molar-refractivity contribution is 0.00704. The first-order valence-corrected chi connectivity index (χ1v) is 6.89. The van der Waals surface area contributed by atoms with Gasteiger partial charge in [0.2, 0.25) is 0 Å². The van der Waals surface area contributed by atoms with E-state index in [4.69, 9.17) is 4.74 Å². The van der Waals surface area contributed by atoms with Crippen LogP contribution in [0.1, 0.15) is 42.3 Å². The molecule has 0 N–H and O–H groups in total. The van der Waals surface area contributed by atoms with Crippen LogP contribution in [-0.2, 0) is 11.2 Å². The maximum Gasteiger partial charge on any atom is 0.339 e. The molecular weight excluding hydrogens is 248 g/mol. The molecule has 0 atom stereocenters. The molecule has 0 aliphatic heterocycles. The zero-order chi connectivity index (χ0) is 14.3. The fourth-order valence-corrected chi connectivity index (χ4v) is 2.69. The van der Waals surface area contributed by atoms with Crippen molar-refractivity contribution < 1.29 is 9.53 Å². The summed E-state index contributed by atoms with van der Waals surface area (Å²) in [7, 11) is 0. The second-order valence-electron chi connectivity index (χ2n) is 6.18. The molecule has 0 bridgehead atoms. The van der Waals surface area contributed by atoms with Crippen LogP contribution in [0, 0.1) is 0 Å². The average molecular weight is 266 g/mol. The smallest absolute Gasteiger partial charge is 0.339 e. The third-order valence-electron chi connectivity index (χ3n) is 3.44. The van der Waals surface area contributed by atoms with Crippen LogP contribution in [0.3, 0.4) is 0 Å². The Hall–Kier alpha value is -2.09. The minimum absolute atomic E-state index is 0.244. The molecule has 20 heavy (non-hydrogen) atoms. The summed E-state index contributed by atoms with van der Waals surface area (Å²) in [6.07, 6.45) is 0.891. The third-order valence-corrected chi connectivity index (χ3v) is 3.44. The number of rotatable bonds is 1. The Bertz CT molecular complexity index is 678. The van der Waals surface area contributed by atoms with E-state index in [1.807, 2.05) is 45.0 Å². The molecule has 2 nitrogen and oxygen atoms in total. The van der Waals surface area contributed by atoms with Gasteiger partial charge in [-0.25, -0.2) is 4.79 Å². The number of ether oxygens (including phenoxy) is 1. The van der Waals surface area contributed by atoms with Crippen molar-refractivity contribution in [1.29, 1.82) is 0 Å². The van der Waals surface area contributed by atoms with Gasteiger partial charge in [-0.2, -0.15) is 0 Å². The van der Waals surface area contributed by atoms with Gasteiger partial charge in [-0.15, -0.1) is 0 Å². The van der Waals surface area contributed by atoms with Crippen molar-refractivity contribution in [3.05, 3.63) is 59.2 Å². The standard InChI is InChI=1S/C18H18O2/c1-18(2,3)20-17(19)15-10-6-8-13-11-12-7-4-5-9-14(12)16(13)15/h4-10H,11H2,1-3H3. The highest BCUT2D eigenvalue weighted by Crippen LogP contribution is 2.39. The Morgan fingerprint density at radius 1 is 1.00 bits per heavy atom. The van der Waals surface area contributed by atoms with Gasteiger partial charge in [0.05, 0.1) is 5.56 Å². The number of fused-ring (bicyclic) bond motifs is 3. The number of hydrogen-bond acceptors (Lipinski definition) is 2. The molecule has 0 amide bonds. The molecule has 2 aromatic carbocycles. The summed E-state index contributed by atoms with van der Waals surface area (Å²) in [5.74, 6) is -0.244. The Labute approximate surface area is 119 Å². The molecule has 0 aromatic heterocycles. The van der Waals surface area contributed by atoms with Crippen molar-refractivity contribution in [2.75, 3.05) is 0 Å². The number of hydrogen-bond donors (Lipinski definition) is 0. The molecule has 3 rings (SSSR count). The molecular formula is C18H18O2. The normalized spacial score (nSPS) is 12.8. The minimum atomic E-state index is -0.474. The van der Waals surface area contributed by atoms with Crippen molar-refractivity contribution in [1.82, 2.24) is 0 Å². The van der Waals surface area contributed by atoms with Gasteiger partial charge in [0.25, 0.3) is 0 Å². The molecule has 0 heterocycles. The fraction of sp³-hybridized carbons (Fsp3) is 0.278. The minimum Gasteiger partial charge on any atom is -0.456 e. The van der Waals surface area contributed by atoms with E-state index in [9.17, 15) is 4.79 Å². The third kappa shape index (κ3) is 2.22. The number of benzene rings is 2. The first-order chi connectivity index (χ1) is 9.46. The molecule has 0 saturated heterocycles. The van der Waals surface area contributed by atoms with Crippen LogP contribution in [0.4, 0.5) is 0 Å². The molecule has 1 aliphatic rings. The van der Waals surface area contributed by atoms with Crippen LogP contribution in [0.25, 0.3) is 11.1 Å². The highest BCUT2D eigenvalue weighted by atomic mass is 16.6. The predicted octanol–water partition coefficient (Wildman–Crippen LogP) is 4.21. The number of esters is 1. The molecule has 0 spiro atoms. The van der Waals surface area contributed by atoms with Gasteiger partial charge in [-0.05, 0) is 55.5 Å². The first-order valence-electron chi connectivity index (χ1n) is 6.89. The lowest BCUT2D eigenvalue weighted by Crippen LogP contribution is -2.24. The summed E-state index contributed by atoms with van der Waals surface area (Å²) >= 11 is 0. The zero-order valence-corrected chi connectivity index (χ0v) is 12.1. The second-order valence-corrected chi connectivity index (χ2v) is 6.18. The molecule has 0 fully saturated rings. The van der Waals surface area contributed by atoms with Crippen LogP contribution in [0.2, 0.25) is 0 Å². The summed E-state index contributed by atoms with van der Waals surface area (Å²) in [5, 5.41) is 0. The summed E-state index contributed by atoms with van der Waals surface area (Å²) in [6.45, 7) is 5.67. The maximum absolute atomic E-state index is 12.4. The van der Waals surface area contributed by atoms with E-state index in [2.05, 4.69) is 18.2 Å². The van der Waals surface area contributed by atoms with E-state index in [1.165, 1.54) is 11.1 Å². The average Bonchev–Trinajstić information content (AvgIpc) is 2.74. The van der Waals surface area contributed by atoms with Crippen LogP contribution < -0.4 is 0 Å². The van der Waals surface area contributed by atoms with E-state index < -0.39 is 5.60 Å². The van der Waals surface area contributed by atoms with Gasteiger partial charge in [-0.3, -0.25) is 0 Å². The molecule has 0 saturated carbocycles. The van der Waals surface area contributed by atoms with E-state index in [0.29, 0.717) is 5.56 Å². The molecule has 2 heteroatoms. The van der Waals surface area contributed by atoms with Crippen molar-refractivity contribution in [3.63, 3.8) is 0 Å². The van der Waals surface area contributed by atoms with Crippen molar-refractivity contribution in [3.8, 4) is 11.1 Å².